The summed E-state index contributed by atoms with van der Waals surface area (Å²) in [4.78, 5) is 49.3. The number of methoxy groups -OCH3 is 1. The molecule has 1 heterocycles. The molecule has 0 unspecified atom stereocenters. The molecule has 0 bridgehead atoms. The van der Waals surface area contributed by atoms with Gasteiger partial charge in [0.05, 0.1) is 18.4 Å². The number of esters is 1. The van der Waals surface area contributed by atoms with Crippen molar-refractivity contribution >= 4 is 29.5 Å². The topological polar surface area (TPSA) is 114 Å². The number of carbonyl (C=O) groups is 4. The summed E-state index contributed by atoms with van der Waals surface area (Å²) in [5.74, 6) is -1.21. The second-order valence-corrected chi connectivity index (χ2v) is 6.08. The summed E-state index contributed by atoms with van der Waals surface area (Å²) in [6, 6.07) is 12.2. The average molecular weight is 397 g/mol. The van der Waals surface area contributed by atoms with Crippen LogP contribution >= 0.6 is 0 Å². The lowest BCUT2D eigenvalue weighted by Crippen LogP contribution is -2.37. The number of para-hydroxylation sites is 1. The zero-order chi connectivity index (χ0) is 20.8. The van der Waals surface area contributed by atoms with Crippen LogP contribution in [0.4, 0.5) is 10.5 Å². The minimum atomic E-state index is -0.788. The van der Waals surface area contributed by atoms with Crippen LogP contribution in [-0.4, -0.2) is 55.5 Å². The van der Waals surface area contributed by atoms with Crippen LogP contribution in [0.15, 0.2) is 48.5 Å². The Morgan fingerprint density at radius 1 is 1.10 bits per heavy atom. The van der Waals surface area contributed by atoms with Crippen LogP contribution in [0, 0.1) is 0 Å². The maximum Gasteiger partial charge on any atom is 0.340 e. The van der Waals surface area contributed by atoms with Crippen molar-refractivity contribution in [3.8, 4) is 5.75 Å². The minimum Gasteiger partial charge on any atom is -0.497 e. The summed E-state index contributed by atoms with van der Waals surface area (Å²) in [5.41, 5.74) is 0.710. The molecule has 0 radical (unpaired) electrons. The molecule has 1 aliphatic heterocycles. The molecule has 2 N–H and O–H groups in total. The molecular formula is C20H19N3O6. The number of hydrogen-bond acceptors (Lipinski definition) is 6. The van der Waals surface area contributed by atoms with Crippen LogP contribution in [0.25, 0.3) is 0 Å². The molecule has 29 heavy (non-hydrogen) atoms. The molecule has 1 aliphatic rings. The van der Waals surface area contributed by atoms with Gasteiger partial charge in [-0.05, 0) is 36.4 Å². The first-order chi connectivity index (χ1) is 14.0. The van der Waals surface area contributed by atoms with Gasteiger partial charge in [-0.1, -0.05) is 12.1 Å². The summed E-state index contributed by atoms with van der Waals surface area (Å²) in [5, 5.41) is 5.15. The van der Waals surface area contributed by atoms with Crippen LogP contribution in [0.1, 0.15) is 20.7 Å². The third kappa shape index (κ3) is 4.70. The number of benzene rings is 2. The number of hydrogen-bond donors (Lipinski definition) is 2. The summed E-state index contributed by atoms with van der Waals surface area (Å²) in [7, 11) is 1.53. The number of rotatable bonds is 6. The minimum absolute atomic E-state index is 0.0908. The fourth-order valence-corrected chi connectivity index (χ4v) is 2.70. The van der Waals surface area contributed by atoms with E-state index in [1.807, 2.05) is 0 Å². The van der Waals surface area contributed by atoms with Gasteiger partial charge in [0.1, 0.15) is 5.75 Å². The summed E-state index contributed by atoms with van der Waals surface area (Å²) < 4.78 is 10.1. The van der Waals surface area contributed by atoms with Crippen LogP contribution in [-0.2, 0) is 9.53 Å². The molecule has 0 saturated carbocycles. The van der Waals surface area contributed by atoms with Gasteiger partial charge in [0, 0.05) is 18.7 Å². The highest BCUT2D eigenvalue weighted by atomic mass is 16.5. The molecule has 9 nitrogen and oxygen atoms in total. The Kier molecular flexibility index (Phi) is 6.08. The molecular weight excluding hydrogens is 378 g/mol. The zero-order valence-corrected chi connectivity index (χ0v) is 15.6. The highest BCUT2D eigenvalue weighted by Crippen LogP contribution is 2.19. The predicted molar refractivity (Wildman–Crippen MR) is 103 cm³/mol. The number of nitrogens with one attached hydrogen (secondary N) is 2. The van der Waals surface area contributed by atoms with E-state index in [9.17, 15) is 19.2 Å². The van der Waals surface area contributed by atoms with E-state index >= 15 is 0 Å². The maximum atomic E-state index is 12.5. The van der Waals surface area contributed by atoms with Gasteiger partial charge in [-0.2, -0.15) is 0 Å². The van der Waals surface area contributed by atoms with E-state index in [1.165, 1.54) is 13.2 Å². The van der Waals surface area contributed by atoms with Crippen molar-refractivity contribution in [2.24, 2.45) is 0 Å². The molecule has 1 saturated heterocycles. The maximum absolute atomic E-state index is 12.5. The molecule has 0 aliphatic carbocycles. The van der Waals surface area contributed by atoms with E-state index in [-0.39, 0.29) is 17.8 Å². The first-order valence-corrected chi connectivity index (χ1v) is 8.79. The van der Waals surface area contributed by atoms with Crippen molar-refractivity contribution in [1.82, 2.24) is 10.2 Å². The van der Waals surface area contributed by atoms with Crippen molar-refractivity contribution in [2.45, 2.75) is 0 Å². The van der Waals surface area contributed by atoms with Gasteiger partial charge in [0.25, 0.3) is 11.8 Å². The van der Waals surface area contributed by atoms with Gasteiger partial charge in [-0.3, -0.25) is 14.5 Å². The Morgan fingerprint density at radius 3 is 2.48 bits per heavy atom. The molecule has 9 heteroatoms. The fourth-order valence-electron chi connectivity index (χ4n) is 2.70. The van der Waals surface area contributed by atoms with Crippen molar-refractivity contribution in [3.05, 3.63) is 59.7 Å². The lowest BCUT2D eigenvalue weighted by molar-refractivity contribution is -0.130. The monoisotopic (exact) mass is 397 g/mol. The number of anilines is 1. The van der Waals surface area contributed by atoms with Crippen molar-refractivity contribution in [3.63, 3.8) is 0 Å². The molecule has 3 rings (SSSR count). The average Bonchev–Trinajstić information content (AvgIpc) is 3.18. The molecule has 2 aromatic rings. The van der Waals surface area contributed by atoms with Gasteiger partial charge in [0.2, 0.25) is 0 Å². The number of urea groups is 1. The highest BCUT2D eigenvalue weighted by molar-refractivity contribution is 6.08. The first kappa shape index (κ1) is 19.9. The summed E-state index contributed by atoms with van der Waals surface area (Å²) in [6.07, 6.45) is 0. The highest BCUT2D eigenvalue weighted by Gasteiger charge is 2.27. The summed E-state index contributed by atoms with van der Waals surface area (Å²) in [6.45, 7) is 0.00941. The van der Waals surface area contributed by atoms with Gasteiger partial charge in [0.15, 0.2) is 6.61 Å². The third-order valence-corrected chi connectivity index (χ3v) is 4.23. The van der Waals surface area contributed by atoms with E-state index in [0.29, 0.717) is 17.9 Å². The zero-order valence-electron chi connectivity index (χ0n) is 15.6. The molecule has 2 aromatic carbocycles. The largest absolute Gasteiger partial charge is 0.497 e. The third-order valence-electron chi connectivity index (χ3n) is 4.23. The molecule has 1 fully saturated rings. The van der Waals surface area contributed by atoms with Crippen molar-refractivity contribution < 1.29 is 28.7 Å². The Balaban J connectivity index is 1.65. The normalized spacial score (nSPS) is 12.9. The van der Waals surface area contributed by atoms with Gasteiger partial charge in [-0.15, -0.1) is 0 Å². The molecule has 0 spiro atoms. The van der Waals surface area contributed by atoms with Gasteiger partial charge in [-0.25, -0.2) is 9.59 Å². The van der Waals surface area contributed by atoms with Gasteiger partial charge >= 0.3 is 12.0 Å². The SMILES string of the molecule is COc1ccc(C(=O)Nc2ccccc2C(=O)OCC(=O)N2CCNC2=O)cc1. The van der Waals surface area contributed by atoms with Crippen LogP contribution in [0.5, 0.6) is 5.75 Å². The second-order valence-electron chi connectivity index (χ2n) is 6.08. The lowest BCUT2D eigenvalue weighted by Gasteiger charge is -2.13. The molecule has 150 valence electrons. The Hall–Kier alpha value is -3.88. The van der Waals surface area contributed by atoms with E-state index in [2.05, 4.69) is 10.6 Å². The van der Waals surface area contributed by atoms with Crippen molar-refractivity contribution in [1.29, 1.82) is 0 Å². The summed E-state index contributed by atoms with van der Waals surface area (Å²) >= 11 is 0. The number of imide groups is 1. The van der Waals surface area contributed by atoms with E-state index in [4.69, 9.17) is 9.47 Å². The Morgan fingerprint density at radius 2 is 1.83 bits per heavy atom. The predicted octanol–water partition coefficient (Wildman–Crippen LogP) is 1.66. The quantitative estimate of drug-likeness (QED) is 0.717. The first-order valence-electron chi connectivity index (χ1n) is 8.79. The van der Waals surface area contributed by atoms with E-state index < -0.39 is 30.4 Å². The second kappa shape index (κ2) is 8.87. The van der Waals surface area contributed by atoms with Crippen LogP contribution in [0.3, 0.4) is 0 Å². The lowest BCUT2D eigenvalue weighted by atomic mass is 10.1. The molecule has 0 atom stereocenters. The van der Waals surface area contributed by atoms with Crippen LogP contribution in [0.2, 0.25) is 0 Å². The number of amides is 4. The number of nitrogens with zero attached hydrogens (tertiary/aromatic N) is 1. The Labute approximate surface area is 166 Å². The van der Waals surface area contributed by atoms with E-state index in [0.717, 1.165) is 4.90 Å². The number of ether oxygens (including phenoxy) is 2. The standard InChI is InChI=1S/C20H19N3O6/c1-28-14-8-6-13(7-9-14)18(25)22-16-5-3-2-4-15(16)19(26)29-12-17(24)23-11-10-21-20(23)27/h2-9H,10-12H2,1H3,(H,21,27)(H,22,25). The van der Waals surface area contributed by atoms with Gasteiger partial charge < -0.3 is 20.1 Å². The number of carbonyl (C=O) groups excluding carboxylic acids is 4. The molecule has 4 amide bonds. The van der Waals surface area contributed by atoms with Crippen molar-refractivity contribution in [2.75, 3.05) is 32.1 Å². The fraction of sp³-hybridized carbons (Fsp3) is 0.200. The van der Waals surface area contributed by atoms with Crippen LogP contribution < -0.4 is 15.4 Å². The Bertz CT molecular complexity index is 941. The van der Waals surface area contributed by atoms with E-state index in [1.54, 1.807) is 42.5 Å². The molecule has 0 aromatic heterocycles. The smallest absolute Gasteiger partial charge is 0.340 e.